The fraction of sp³-hybridized carbons (Fsp3) is 0.400. The molecule has 0 amide bonds. The molecule has 0 saturated carbocycles. The average molecular weight is 196 g/mol. The molecule has 0 aliphatic heterocycles. The molecule has 0 saturated heterocycles. The Labute approximate surface area is 83.4 Å². The maximum Gasteiger partial charge on any atom is 0.0723 e. The maximum absolute atomic E-state index is 8.89. The normalized spacial score (nSPS) is 10.6. The van der Waals surface area contributed by atoms with E-state index < -0.39 is 0 Å². The average Bonchev–Trinajstić information content (AvgIpc) is 2.20. The van der Waals surface area contributed by atoms with E-state index >= 15 is 0 Å². The molecule has 0 fully saturated rings. The zero-order valence-corrected chi connectivity index (χ0v) is 8.20. The fourth-order valence-corrected chi connectivity index (χ4v) is 1.18. The molecular formula is C10H16N2O2. The lowest BCUT2D eigenvalue weighted by atomic mass is 10.1. The summed E-state index contributed by atoms with van der Waals surface area (Å²) in [5.41, 5.74) is 8.19. The van der Waals surface area contributed by atoms with Crippen LogP contribution in [0, 0.1) is 6.92 Å². The first-order chi connectivity index (χ1) is 6.69. The zero-order valence-electron chi connectivity index (χ0n) is 8.20. The van der Waals surface area contributed by atoms with Crippen molar-refractivity contribution in [1.82, 2.24) is 0 Å². The van der Waals surface area contributed by atoms with Crippen LogP contribution in [0.5, 0.6) is 0 Å². The Morgan fingerprint density at radius 1 is 1.36 bits per heavy atom. The van der Waals surface area contributed by atoms with Crippen LogP contribution in [-0.2, 0) is 0 Å². The summed E-state index contributed by atoms with van der Waals surface area (Å²) in [6.45, 7) is 1.68. The van der Waals surface area contributed by atoms with Gasteiger partial charge in [0.25, 0.3) is 0 Å². The largest absolute Gasteiger partial charge is 0.398 e. The van der Waals surface area contributed by atoms with Crippen molar-refractivity contribution in [2.45, 2.75) is 13.0 Å². The van der Waals surface area contributed by atoms with E-state index in [2.05, 4.69) is 5.32 Å². The van der Waals surface area contributed by atoms with Gasteiger partial charge in [-0.05, 0) is 24.6 Å². The van der Waals surface area contributed by atoms with E-state index in [0.717, 1.165) is 11.3 Å². The molecule has 14 heavy (non-hydrogen) atoms. The van der Waals surface area contributed by atoms with E-state index in [0.29, 0.717) is 5.69 Å². The number of hydrogen-bond acceptors (Lipinski definition) is 4. The number of nitrogens with one attached hydrogen (secondary N) is 1. The minimum Gasteiger partial charge on any atom is -0.398 e. The van der Waals surface area contributed by atoms with E-state index in [4.69, 9.17) is 15.9 Å². The Kier molecular flexibility index (Phi) is 3.73. The van der Waals surface area contributed by atoms with Gasteiger partial charge in [0.05, 0.1) is 19.3 Å². The molecule has 0 aliphatic carbocycles. The number of hydrogen-bond donors (Lipinski definition) is 4. The Balaban J connectivity index is 2.80. The minimum atomic E-state index is -0.338. The lowest BCUT2D eigenvalue weighted by Gasteiger charge is -2.17. The SMILES string of the molecule is Cc1c(N)cccc1NC(CO)CO. The molecule has 0 radical (unpaired) electrons. The van der Waals surface area contributed by atoms with Gasteiger partial charge >= 0.3 is 0 Å². The van der Waals surface area contributed by atoms with Crippen molar-refractivity contribution in [3.63, 3.8) is 0 Å². The van der Waals surface area contributed by atoms with E-state index in [9.17, 15) is 0 Å². The first kappa shape index (κ1) is 10.8. The predicted molar refractivity (Wildman–Crippen MR) is 57.2 cm³/mol. The number of rotatable bonds is 4. The van der Waals surface area contributed by atoms with Crippen molar-refractivity contribution in [3.05, 3.63) is 23.8 Å². The Bertz CT molecular complexity index is 298. The van der Waals surface area contributed by atoms with Gasteiger partial charge < -0.3 is 21.3 Å². The number of nitrogens with two attached hydrogens (primary N) is 1. The third-order valence-electron chi connectivity index (χ3n) is 2.18. The van der Waals surface area contributed by atoms with Crippen LogP contribution >= 0.6 is 0 Å². The van der Waals surface area contributed by atoms with E-state index in [1.165, 1.54) is 0 Å². The van der Waals surface area contributed by atoms with Gasteiger partial charge in [-0.2, -0.15) is 0 Å². The lowest BCUT2D eigenvalue weighted by Crippen LogP contribution is -2.28. The molecule has 1 rings (SSSR count). The van der Waals surface area contributed by atoms with Crippen molar-refractivity contribution < 1.29 is 10.2 Å². The van der Waals surface area contributed by atoms with Crippen LogP contribution in [0.2, 0.25) is 0 Å². The van der Waals surface area contributed by atoms with Crippen LogP contribution in [0.15, 0.2) is 18.2 Å². The molecule has 1 aromatic carbocycles. The monoisotopic (exact) mass is 196 g/mol. The van der Waals surface area contributed by atoms with Crippen LogP contribution in [0.3, 0.4) is 0 Å². The van der Waals surface area contributed by atoms with Crippen LogP contribution in [-0.4, -0.2) is 29.5 Å². The van der Waals surface area contributed by atoms with E-state index in [-0.39, 0.29) is 19.3 Å². The second kappa shape index (κ2) is 4.83. The molecule has 4 nitrogen and oxygen atoms in total. The number of aliphatic hydroxyl groups is 2. The highest BCUT2D eigenvalue weighted by Crippen LogP contribution is 2.20. The van der Waals surface area contributed by atoms with Crippen LogP contribution in [0.25, 0.3) is 0 Å². The first-order valence-corrected chi connectivity index (χ1v) is 4.52. The summed E-state index contributed by atoms with van der Waals surface area (Å²) in [5, 5.41) is 20.8. The second-order valence-corrected chi connectivity index (χ2v) is 3.23. The van der Waals surface area contributed by atoms with Gasteiger partial charge in [-0.25, -0.2) is 0 Å². The third-order valence-corrected chi connectivity index (χ3v) is 2.18. The number of nitrogen functional groups attached to an aromatic ring is 1. The van der Waals surface area contributed by atoms with Gasteiger partial charge in [0.15, 0.2) is 0 Å². The third kappa shape index (κ3) is 2.37. The van der Waals surface area contributed by atoms with Crippen LogP contribution in [0.4, 0.5) is 11.4 Å². The van der Waals surface area contributed by atoms with Crippen LogP contribution < -0.4 is 11.1 Å². The molecule has 4 heteroatoms. The molecule has 0 bridgehead atoms. The van der Waals surface area contributed by atoms with Gasteiger partial charge in [-0.3, -0.25) is 0 Å². The summed E-state index contributed by atoms with van der Waals surface area (Å²) in [6.07, 6.45) is 0. The maximum atomic E-state index is 8.89. The molecule has 0 aliphatic rings. The molecule has 0 unspecified atom stereocenters. The van der Waals surface area contributed by atoms with Crippen molar-refractivity contribution in [2.75, 3.05) is 24.3 Å². The van der Waals surface area contributed by atoms with Crippen molar-refractivity contribution >= 4 is 11.4 Å². The summed E-state index contributed by atoms with van der Waals surface area (Å²) >= 11 is 0. The highest BCUT2D eigenvalue weighted by Gasteiger charge is 2.07. The smallest absolute Gasteiger partial charge is 0.0723 e. The summed E-state index contributed by atoms with van der Waals surface area (Å²) in [6, 6.07) is 5.17. The fourth-order valence-electron chi connectivity index (χ4n) is 1.18. The molecule has 78 valence electrons. The topological polar surface area (TPSA) is 78.5 Å². The standard InChI is InChI=1S/C10H16N2O2/c1-7-9(11)3-2-4-10(7)12-8(5-13)6-14/h2-4,8,12-14H,5-6,11H2,1H3. The summed E-state index contributed by atoms with van der Waals surface area (Å²) in [4.78, 5) is 0. The highest BCUT2D eigenvalue weighted by molar-refractivity contribution is 5.63. The van der Waals surface area contributed by atoms with Gasteiger partial charge in [-0.15, -0.1) is 0 Å². The Hall–Kier alpha value is -1.26. The zero-order chi connectivity index (χ0) is 10.6. The Morgan fingerprint density at radius 3 is 2.57 bits per heavy atom. The van der Waals surface area contributed by atoms with Gasteiger partial charge in [0.1, 0.15) is 0 Å². The Morgan fingerprint density at radius 2 is 2.00 bits per heavy atom. The molecule has 0 spiro atoms. The molecule has 0 heterocycles. The summed E-state index contributed by atoms with van der Waals surface area (Å²) < 4.78 is 0. The van der Waals surface area contributed by atoms with Gasteiger partial charge in [0, 0.05) is 11.4 Å². The number of benzene rings is 1. The van der Waals surface area contributed by atoms with Gasteiger partial charge in [0.2, 0.25) is 0 Å². The molecule has 0 atom stereocenters. The first-order valence-electron chi connectivity index (χ1n) is 4.52. The lowest BCUT2D eigenvalue weighted by molar-refractivity contribution is 0.204. The van der Waals surface area contributed by atoms with Crippen molar-refractivity contribution in [1.29, 1.82) is 0 Å². The summed E-state index contributed by atoms with van der Waals surface area (Å²) in [5.74, 6) is 0. The van der Waals surface area contributed by atoms with Crippen LogP contribution in [0.1, 0.15) is 5.56 Å². The van der Waals surface area contributed by atoms with Gasteiger partial charge in [-0.1, -0.05) is 6.07 Å². The highest BCUT2D eigenvalue weighted by atomic mass is 16.3. The molecule has 0 aromatic heterocycles. The van der Waals surface area contributed by atoms with Crippen molar-refractivity contribution in [2.24, 2.45) is 0 Å². The predicted octanol–water partition coefficient (Wildman–Crippen LogP) is 0.342. The molecular weight excluding hydrogens is 180 g/mol. The molecule has 5 N–H and O–H groups in total. The number of aliphatic hydroxyl groups excluding tert-OH is 2. The number of anilines is 2. The second-order valence-electron chi connectivity index (χ2n) is 3.23. The van der Waals surface area contributed by atoms with Crippen molar-refractivity contribution in [3.8, 4) is 0 Å². The van der Waals surface area contributed by atoms with E-state index in [1.807, 2.05) is 25.1 Å². The summed E-state index contributed by atoms with van der Waals surface area (Å²) in [7, 11) is 0. The quantitative estimate of drug-likeness (QED) is 0.524. The minimum absolute atomic E-state index is 0.106. The van der Waals surface area contributed by atoms with E-state index in [1.54, 1.807) is 0 Å². The molecule has 1 aromatic rings.